The number of anilines is 1. The average molecular weight is 479 g/mol. The summed E-state index contributed by atoms with van der Waals surface area (Å²) in [6.45, 7) is 3.26. The topological polar surface area (TPSA) is 77.8 Å². The van der Waals surface area contributed by atoms with Gasteiger partial charge >= 0.3 is 0 Å². The number of imidazole rings is 1. The second-order valence-electron chi connectivity index (χ2n) is 8.09. The molecule has 1 aromatic carbocycles. The number of aryl methyl sites for hydroxylation is 1. The molecule has 9 heteroatoms. The normalized spacial score (nSPS) is 14.7. The molecule has 0 saturated heterocycles. The molecule has 1 atom stereocenters. The van der Waals surface area contributed by atoms with Crippen molar-refractivity contribution in [2.45, 2.75) is 32.2 Å². The molecule has 3 aromatic heterocycles. The van der Waals surface area contributed by atoms with Crippen molar-refractivity contribution in [2.24, 2.45) is 0 Å². The van der Waals surface area contributed by atoms with E-state index in [1.807, 2.05) is 6.07 Å². The number of nitrogens with one attached hydrogen (secondary N) is 1. The molecule has 0 fully saturated rings. The SMILES string of the molecule is CCCNc1nccc(-c2c(-c3ccc(F)cc3)nc3n2[C@H](COc2ncccc2Cl)CC3)n1. The number of hydrogen-bond acceptors (Lipinski definition) is 6. The van der Waals surface area contributed by atoms with Gasteiger partial charge in [0.2, 0.25) is 11.8 Å². The van der Waals surface area contributed by atoms with E-state index in [4.69, 9.17) is 26.3 Å². The van der Waals surface area contributed by atoms with Crippen molar-refractivity contribution in [2.75, 3.05) is 18.5 Å². The van der Waals surface area contributed by atoms with E-state index in [1.54, 1.807) is 36.7 Å². The zero-order valence-corrected chi connectivity index (χ0v) is 19.5. The van der Waals surface area contributed by atoms with Crippen LogP contribution in [-0.2, 0) is 6.42 Å². The quantitative estimate of drug-likeness (QED) is 0.356. The number of pyridine rings is 1. The molecule has 0 amide bonds. The van der Waals surface area contributed by atoms with E-state index in [-0.39, 0.29) is 11.9 Å². The van der Waals surface area contributed by atoms with Gasteiger partial charge in [-0.25, -0.2) is 24.3 Å². The summed E-state index contributed by atoms with van der Waals surface area (Å²) in [6.07, 6.45) is 6.02. The van der Waals surface area contributed by atoms with Crippen LogP contribution in [0.4, 0.5) is 10.3 Å². The molecule has 1 N–H and O–H groups in total. The lowest BCUT2D eigenvalue weighted by molar-refractivity contribution is 0.247. The molecule has 34 heavy (non-hydrogen) atoms. The number of nitrogens with zero attached hydrogens (tertiary/aromatic N) is 5. The summed E-state index contributed by atoms with van der Waals surface area (Å²) in [7, 11) is 0. The third-order valence-corrected chi connectivity index (χ3v) is 6.02. The summed E-state index contributed by atoms with van der Waals surface area (Å²) in [5, 5.41) is 3.72. The van der Waals surface area contributed by atoms with E-state index in [1.165, 1.54) is 12.1 Å². The van der Waals surface area contributed by atoms with Gasteiger partial charge in [-0.05, 0) is 55.3 Å². The van der Waals surface area contributed by atoms with Crippen molar-refractivity contribution in [3.05, 3.63) is 71.5 Å². The monoisotopic (exact) mass is 478 g/mol. The summed E-state index contributed by atoms with van der Waals surface area (Å²) < 4.78 is 21.8. The lowest BCUT2D eigenvalue weighted by atomic mass is 10.1. The molecule has 1 aliphatic rings. The van der Waals surface area contributed by atoms with E-state index >= 15 is 0 Å². The maximum Gasteiger partial charge on any atom is 0.232 e. The Morgan fingerprint density at radius 1 is 1.12 bits per heavy atom. The van der Waals surface area contributed by atoms with Crippen molar-refractivity contribution in [3.63, 3.8) is 0 Å². The summed E-state index contributed by atoms with van der Waals surface area (Å²) in [4.78, 5) is 18.3. The zero-order valence-electron chi connectivity index (χ0n) is 18.7. The van der Waals surface area contributed by atoms with Gasteiger partial charge in [-0.2, -0.15) is 0 Å². The predicted octanol–water partition coefficient (Wildman–Crippen LogP) is 5.58. The minimum atomic E-state index is -0.288. The van der Waals surface area contributed by atoms with Crippen LogP contribution in [0, 0.1) is 5.82 Å². The lowest BCUT2D eigenvalue weighted by Crippen LogP contribution is -2.16. The average Bonchev–Trinajstić information content (AvgIpc) is 3.42. The van der Waals surface area contributed by atoms with E-state index in [0.29, 0.717) is 23.5 Å². The minimum Gasteiger partial charge on any atom is -0.474 e. The first-order chi connectivity index (χ1) is 16.6. The molecule has 174 valence electrons. The highest BCUT2D eigenvalue weighted by molar-refractivity contribution is 6.31. The fraction of sp³-hybridized carbons (Fsp3) is 0.280. The van der Waals surface area contributed by atoms with Crippen LogP contribution >= 0.6 is 11.6 Å². The molecular weight excluding hydrogens is 455 g/mol. The van der Waals surface area contributed by atoms with Crippen LogP contribution in [0.15, 0.2) is 54.9 Å². The number of hydrogen-bond donors (Lipinski definition) is 1. The summed E-state index contributed by atoms with van der Waals surface area (Å²) in [5.41, 5.74) is 3.19. The summed E-state index contributed by atoms with van der Waals surface area (Å²) in [6, 6.07) is 11.8. The van der Waals surface area contributed by atoms with E-state index in [0.717, 1.165) is 54.3 Å². The van der Waals surface area contributed by atoms with Gasteiger partial charge in [0, 0.05) is 30.9 Å². The number of halogens is 2. The fourth-order valence-electron chi connectivity index (χ4n) is 4.15. The van der Waals surface area contributed by atoms with Crippen LogP contribution in [0.3, 0.4) is 0 Å². The molecule has 0 saturated carbocycles. The largest absolute Gasteiger partial charge is 0.474 e. The molecule has 1 aliphatic heterocycles. The molecule has 0 radical (unpaired) electrons. The van der Waals surface area contributed by atoms with Crippen LogP contribution < -0.4 is 10.1 Å². The van der Waals surface area contributed by atoms with E-state index in [2.05, 4.69) is 26.8 Å². The zero-order chi connectivity index (χ0) is 23.5. The van der Waals surface area contributed by atoms with Gasteiger partial charge in [-0.1, -0.05) is 18.5 Å². The Balaban J connectivity index is 1.56. The van der Waals surface area contributed by atoms with Gasteiger partial charge in [0.25, 0.3) is 0 Å². The van der Waals surface area contributed by atoms with Crippen molar-refractivity contribution in [1.82, 2.24) is 24.5 Å². The second kappa shape index (κ2) is 9.77. The van der Waals surface area contributed by atoms with Crippen molar-refractivity contribution in [1.29, 1.82) is 0 Å². The predicted molar refractivity (Wildman–Crippen MR) is 130 cm³/mol. The maximum atomic E-state index is 13.6. The first-order valence-electron chi connectivity index (χ1n) is 11.3. The highest BCUT2D eigenvalue weighted by Gasteiger charge is 2.31. The van der Waals surface area contributed by atoms with Gasteiger partial charge in [0.1, 0.15) is 23.3 Å². The van der Waals surface area contributed by atoms with Crippen molar-refractivity contribution in [3.8, 4) is 28.5 Å². The first-order valence-corrected chi connectivity index (χ1v) is 11.7. The Morgan fingerprint density at radius 2 is 1.97 bits per heavy atom. The van der Waals surface area contributed by atoms with E-state index in [9.17, 15) is 4.39 Å². The number of ether oxygens (including phenoxy) is 1. The molecule has 7 nitrogen and oxygen atoms in total. The molecular formula is C25H24ClFN6O. The number of fused-ring (bicyclic) bond motifs is 1. The smallest absolute Gasteiger partial charge is 0.232 e. The van der Waals surface area contributed by atoms with Crippen molar-refractivity contribution >= 4 is 17.5 Å². The maximum absolute atomic E-state index is 13.6. The van der Waals surface area contributed by atoms with Gasteiger partial charge in [0.15, 0.2) is 0 Å². The van der Waals surface area contributed by atoms with Gasteiger partial charge < -0.3 is 14.6 Å². The lowest BCUT2D eigenvalue weighted by Gasteiger charge is -2.18. The van der Waals surface area contributed by atoms with Crippen LogP contribution in [0.2, 0.25) is 5.02 Å². The number of rotatable bonds is 8. The first kappa shape index (κ1) is 22.3. The standard InChI is InChI=1S/C25H24ClFN6O/c1-2-12-29-25-30-14-11-20(31-25)23-22(16-5-7-17(27)8-6-16)32-21-10-9-18(33(21)23)15-34-24-19(26)4-3-13-28-24/h3-8,11,13-14,18H,2,9-10,12,15H2,1H3,(H,29,30,31)/t18-/m0/s1. The molecule has 4 heterocycles. The minimum absolute atomic E-state index is 0.0202. The van der Waals surface area contributed by atoms with Crippen LogP contribution in [0.25, 0.3) is 22.6 Å². The Bertz CT molecular complexity index is 1290. The molecule has 0 unspecified atom stereocenters. The number of aromatic nitrogens is 5. The molecule has 0 spiro atoms. The third-order valence-electron chi connectivity index (χ3n) is 5.74. The van der Waals surface area contributed by atoms with Gasteiger partial charge in [0.05, 0.1) is 23.1 Å². The molecule has 0 aliphatic carbocycles. The second-order valence-corrected chi connectivity index (χ2v) is 8.50. The Kier molecular flexibility index (Phi) is 6.40. The van der Waals surface area contributed by atoms with E-state index < -0.39 is 0 Å². The third kappa shape index (κ3) is 4.46. The Hall–Kier alpha value is -3.52. The Labute approximate surface area is 202 Å². The Morgan fingerprint density at radius 3 is 2.76 bits per heavy atom. The highest BCUT2D eigenvalue weighted by atomic mass is 35.5. The summed E-state index contributed by atoms with van der Waals surface area (Å²) >= 11 is 6.23. The number of benzene rings is 1. The van der Waals surface area contributed by atoms with Crippen LogP contribution in [0.5, 0.6) is 5.88 Å². The van der Waals surface area contributed by atoms with Crippen molar-refractivity contribution < 1.29 is 9.13 Å². The van der Waals surface area contributed by atoms with Gasteiger partial charge in [-0.3, -0.25) is 0 Å². The fourth-order valence-corrected chi connectivity index (χ4v) is 4.33. The summed E-state index contributed by atoms with van der Waals surface area (Å²) in [5.74, 6) is 1.62. The highest BCUT2D eigenvalue weighted by Crippen LogP contribution is 2.39. The molecule has 5 rings (SSSR count). The molecule has 4 aromatic rings. The van der Waals surface area contributed by atoms with Crippen LogP contribution in [0.1, 0.15) is 31.6 Å². The molecule has 0 bridgehead atoms. The van der Waals surface area contributed by atoms with Crippen LogP contribution in [-0.4, -0.2) is 37.7 Å². The van der Waals surface area contributed by atoms with Gasteiger partial charge in [-0.15, -0.1) is 0 Å².